The summed E-state index contributed by atoms with van der Waals surface area (Å²) < 4.78 is 27.0. The fourth-order valence-electron chi connectivity index (χ4n) is 1.33. The van der Waals surface area contributed by atoms with Crippen LogP contribution in [0.3, 0.4) is 0 Å². The third-order valence-electron chi connectivity index (χ3n) is 2.14. The number of aliphatic hydroxyl groups excluding tert-OH is 1. The van der Waals surface area contributed by atoms with Crippen molar-refractivity contribution < 1.29 is 13.5 Å². The SMILES string of the molecule is CC(CCCO)NS(=O)(=O)c1cncc(Br)c1. The van der Waals surface area contributed by atoms with E-state index in [0.717, 1.165) is 0 Å². The third kappa shape index (κ3) is 4.71. The molecular weight excluding hydrogens is 308 g/mol. The Hall–Kier alpha value is -0.500. The van der Waals surface area contributed by atoms with Crippen molar-refractivity contribution in [2.75, 3.05) is 6.61 Å². The predicted octanol–water partition coefficient (Wildman–Crippen LogP) is 1.28. The first kappa shape index (κ1) is 14.6. The van der Waals surface area contributed by atoms with Gasteiger partial charge >= 0.3 is 0 Å². The highest BCUT2D eigenvalue weighted by Gasteiger charge is 2.17. The van der Waals surface area contributed by atoms with E-state index in [9.17, 15) is 8.42 Å². The van der Waals surface area contributed by atoms with Gasteiger partial charge in [-0.2, -0.15) is 0 Å². The Morgan fingerprint density at radius 2 is 2.24 bits per heavy atom. The van der Waals surface area contributed by atoms with Crippen LogP contribution in [-0.2, 0) is 10.0 Å². The average Bonchev–Trinajstić information content (AvgIpc) is 2.26. The van der Waals surface area contributed by atoms with Gasteiger partial charge in [0.15, 0.2) is 0 Å². The Morgan fingerprint density at radius 3 is 2.82 bits per heavy atom. The first-order valence-corrected chi connectivity index (χ1v) is 7.47. The highest BCUT2D eigenvalue weighted by Crippen LogP contribution is 2.14. The lowest BCUT2D eigenvalue weighted by atomic mass is 10.2. The third-order valence-corrected chi connectivity index (χ3v) is 4.13. The van der Waals surface area contributed by atoms with Crippen molar-refractivity contribution in [3.8, 4) is 0 Å². The van der Waals surface area contributed by atoms with E-state index in [1.54, 1.807) is 6.92 Å². The smallest absolute Gasteiger partial charge is 0.242 e. The molecule has 1 aromatic heterocycles. The number of rotatable bonds is 6. The molecule has 0 saturated heterocycles. The molecule has 1 atom stereocenters. The molecule has 0 bridgehead atoms. The number of aliphatic hydroxyl groups is 1. The second-order valence-electron chi connectivity index (χ2n) is 3.73. The minimum Gasteiger partial charge on any atom is -0.396 e. The van der Waals surface area contributed by atoms with Gasteiger partial charge in [-0.1, -0.05) is 0 Å². The predicted molar refractivity (Wildman–Crippen MR) is 68.0 cm³/mol. The molecule has 0 amide bonds. The van der Waals surface area contributed by atoms with Crippen molar-refractivity contribution in [3.05, 3.63) is 22.9 Å². The summed E-state index contributed by atoms with van der Waals surface area (Å²) >= 11 is 3.17. The highest BCUT2D eigenvalue weighted by atomic mass is 79.9. The molecule has 96 valence electrons. The molecule has 7 heteroatoms. The Morgan fingerprint density at radius 1 is 1.53 bits per heavy atom. The number of nitrogens with zero attached hydrogens (tertiary/aromatic N) is 1. The van der Waals surface area contributed by atoms with Crippen LogP contribution in [0, 0.1) is 0 Å². The molecule has 0 aromatic carbocycles. The van der Waals surface area contributed by atoms with E-state index >= 15 is 0 Å². The topological polar surface area (TPSA) is 79.3 Å². The summed E-state index contributed by atoms with van der Waals surface area (Å²) in [5.74, 6) is 0. The van der Waals surface area contributed by atoms with Gasteiger partial charge in [-0.3, -0.25) is 4.98 Å². The fraction of sp³-hybridized carbons (Fsp3) is 0.500. The summed E-state index contributed by atoms with van der Waals surface area (Å²) in [5.41, 5.74) is 0. The van der Waals surface area contributed by atoms with Crippen molar-refractivity contribution in [2.24, 2.45) is 0 Å². The summed E-state index contributed by atoms with van der Waals surface area (Å²) in [6.07, 6.45) is 3.98. The number of pyridine rings is 1. The Bertz CT molecular complexity index is 464. The van der Waals surface area contributed by atoms with Crippen molar-refractivity contribution >= 4 is 26.0 Å². The molecule has 17 heavy (non-hydrogen) atoms. The van der Waals surface area contributed by atoms with Gasteiger partial charge in [-0.15, -0.1) is 0 Å². The van der Waals surface area contributed by atoms with Crippen LogP contribution in [-0.4, -0.2) is 31.2 Å². The first-order valence-electron chi connectivity index (χ1n) is 5.19. The molecule has 1 rings (SSSR count). The van der Waals surface area contributed by atoms with E-state index < -0.39 is 10.0 Å². The lowest BCUT2D eigenvalue weighted by Gasteiger charge is -2.13. The maximum Gasteiger partial charge on any atom is 0.242 e. The summed E-state index contributed by atoms with van der Waals surface area (Å²) in [7, 11) is -3.54. The molecule has 0 fully saturated rings. The van der Waals surface area contributed by atoms with Gasteiger partial charge in [-0.25, -0.2) is 13.1 Å². The molecule has 1 unspecified atom stereocenters. The van der Waals surface area contributed by atoms with Gasteiger partial charge in [0.1, 0.15) is 4.90 Å². The average molecular weight is 323 g/mol. The summed E-state index contributed by atoms with van der Waals surface area (Å²) in [6.45, 7) is 1.82. The maximum atomic E-state index is 11.9. The lowest BCUT2D eigenvalue weighted by Crippen LogP contribution is -2.32. The zero-order valence-electron chi connectivity index (χ0n) is 9.43. The molecule has 0 spiro atoms. The number of hydrogen-bond acceptors (Lipinski definition) is 4. The summed E-state index contributed by atoms with van der Waals surface area (Å²) in [6, 6.07) is 1.28. The van der Waals surface area contributed by atoms with Crippen LogP contribution in [0.25, 0.3) is 0 Å². The number of sulfonamides is 1. The van der Waals surface area contributed by atoms with Crippen LogP contribution in [0.4, 0.5) is 0 Å². The maximum absolute atomic E-state index is 11.9. The van der Waals surface area contributed by atoms with E-state index in [1.807, 2.05) is 0 Å². The molecular formula is C10H15BrN2O3S. The van der Waals surface area contributed by atoms with Crippen LogP contribution < -0.4 is 4.72 Å². The second kappa shape index (κ2) is 6.44. The lowest BCUT2D eigenvalue weighted by molar-refractivity contribution is 0.279. The Kier molecular flexibility index (Phi) is 5.51. The number of hydrogen-bond donors (Lipinski definition) is 2. The van der Waals surface area contributed by atoms with E-state index in [1.165, 1.54) is 18.5 Å². The van der Waals surface area contributed by atoms with Gasteiger partial charge < -0.3 is 5.11 Å². The van der Waals surface area contributed by atoms with Gasteiger partial charge in [0.2, 0.25) is 10.0 Å². The number of nitrogens with one attached hydrogen (secondary N) is 1. The quantitative estimate of drug-likeness (QED) is 0.827. The molecule has 0 aliphatic rings. The van der Waals surface area contributed by atoms with Crippen LogP contribution in [0.1, 0.15) is 19.8 Å². The molecule has 1 heterocycles. The van der Waals surface area contributed by atoms with Crippen LogP contribution in [0.2, 0.25) is 0 Å². The molecule has 0 aliphatic heterocycles. The van der Waals surface area contributed by atoms with Crippen molar-refractivity contribution in [1.82, 2.24) is 9.71 Å². The molecule has 0 saturated carbocycles. The van der Waals surface area contributed by atoms with Crippen LogP contribution >= 0.6 is 15.9 Å². The largest absolute Gasteiger partial charge is 0.396 e. The minimum absolute atomic E-state index is 0.0600. The Labute approximate surface area is 109 Å². The zero-order valence-corrected chi connectivity index (χ0v) is 11.8. The monoisotopic (exact) mass is 322 g/mol. The standard InChI is InChI=1S/C10H15BrN2O3S/c1-8(3-2-4-14)13-17(15,16)10-5-9(11)6-12-7-10/h5-8,13-14H,2-4H2,1H3. The first-order chi connectivity index (χ1) is 7.95. The normalized spacial score (nSPS) is 13.6. The number of halogens is 1. The minimum atomic E-state index is -3.54. The molecule has 1 aromatic rings. The molecule has 2 N–H and O–H groups in total. The molecule has 0 radical (unpaired) electrons. The van der Waals surface area contributed by atoms with E-state index in [2.05, 4.69) is 25.6 Å². The molecule has 5 nitrogen and oxygen atoms in total. The van der Waals surface area contributed by atoms with E-state index in [-0.39, 0.29) is 17.5 Å². The van der Waals surface area contributed by atoms with E-state index in [4.69, 9.17) is 5.11 Å². The van der Waals surface area contributed by atoms with Crippen LogP contribution in [0.15, 0.2) is 27.8 Å². The van der Waals surface area contributed by atoms with Crippen molar-refractivity contribution in [3.63, 3.8) is 0 Å². The van der Waals surface area contributed by atoms with Gasteiger partial charge in [-0.05, 0) is 41.8 Å². The second-order valence-corrected chi connectivity index (χ2v) is 6.36. The Balaban J connectivity index is 2.75. The van der Waals surface area contributed by atoms with Crippen molar-refractivity contribution in [1.29, 1.82) is 0 Å². The van der Waals surface area contributed by atoms with E-state index in [0.29, 0.717) is 17.3 Å². The summed E-state index contributed by atoms with van der Waals surface area (Å²) in [4.78, 5) is 3.94. The molecule has 0 aliphatic carbocycles. The number of aromatic nitrogens is 1. The fourth-order valence-corrected chi connectivity index (χ4v) is 3.11. The zero-order chi connectivity index (χ0) is 12.9. The van der Waals surface area contributed by atoms with Gasteiger partial charge in [0.05, 0.1) is 0 Å². The van der Waals surface area contributed by atoms with Crippen LogP contribution in [0.5, 0.6) is 0 Å². The summed E-state index contributed by atoms with van der Waals surface area (Å²) in [5, 5.41) is 8.67. The highest BCUT2D eigenvalue weighted by molar-refractivity contribution is 9.10. The van der Waals surface area contributed by atoms with Crippen molar-refractivity contribution in [2.45, 2.75) is 30.7 Å². The van der Waals surface area contributed by atoms with Gasteiger partial charge in [0, 0.05) is 29.5 Å². The van der Waals surface area contributed by atoms with Gasteiger partial charge in [0.25, 0.3) is 0 Å².